The van der Waals surface area contributed by atoms with Crippen molar-refractivity contribution in [2.24, 2.45) is 0 Å². The highest BCUT2D eigenvalue weighted by molar-refractivity contribution is 6.06. The Balaban J connectivity index is 1.19. The zero-order chi connectivity index (χ0) is 24.4. The van der Waals surface area contributed by atoms with Crippen molar-refractivity contribution in [1.82, 2.24) is 15.1 Å². The van der Waals surface area contributed by atoms with E-state index in [0.29, 0.717) is 12.0 Å². The van der Waals surface area contributed by atoms with Gasteiger partial charge in [-0.2, -0.15) is 0 Å². The van der Waals surface area contributed by atoms with Gasteiger partial charge in [0.25, 0.3) is 5.91 Å². The molecule has 0 saturated carbocycles. The molecule has 0 radical (unpaired) electrons. The Kier molecular flexibility index (Phi) is 6.81. The van der Waals surface area contributed by atoms with Crippen LogP contribution in [0.4, 0.5) is 10.1 Å². The molecule has 35 heavy (non-hydrogen) atoms. The third-order valence-electron chi connectivity index (χ3n) is 7.34. The van der Waals surface area contributed by atoms with Crippen molar-refractivity contribution in [2.45, 2.75) is 44.7 Å². The summed E-state index contributed by atoms with van der Waals surface area (Å²) in [5, 5.41) is 2.32. The monoisotopic (exact) mass is 478 g/mol. The number of carbonyl (C=O) groups excluding carboxylic acids is 3. The predicted octanol–water partition coefficient (Wildman–Crippen LogP) is 2.73. The normalized spacial score (nSPS) is 20.8. The second-order valence-electron chi connectivity index (χ2n) is 9.62. The summed E-state index contributed by atoms with van der Waals surface area (Å²) in [5.41, 5.74) is 3.22. The first-order valence-corrected chi connectivity index (χ1v) is 12.5. The summed E-state index contributed by atoms with van der Waals surface area (Å²) in [6, 6.07) is 12.6. The van der Waals surface area contributed by atoms with Gasteiger partial charge in [-0.1, -0.05) is 30.3 Å². The lowest BCUT2D eigenvalue weighted by molar-refractivity contribution is -0.136. The molecule has 8 heteroatoms. The van der Waals surface area contributed by atoms with E-state index in [4.69, 9.17) is 0 Å². The molecule has 1 unspecified atom stereocenters. The first-order valence-electron chi connectivity index (χ1n) is 12.5. The van der Waals surface area contributed by atoms with Crippen molar-refractivity contribution in [3.8, 4) is 0 Å². The fraction of sp³-hybridized carbons (Fsp3) is 0.444. The smallest absolute Gasteiger partial charge is 0.255 e. The van der Waals surface area contributed by atoms with Gasteiger partial charge in [0.2, 0.25) is 11.8 Å². The molecule has 0 bridgehead atoms. The number of imide groups is 1. The number of aryl methyl sites for hydroxylation is 1. The number of anilines is 1. The third kappa shape index (κ3) is 5.07. The molecule has 1 N–H and O–H groups in total. The van der Waals surface area contributed by atoms with E-state index < -0.39 is 17.8 Å². The Morgan fingerprint density at radius 3 is 2.49 bits per heavy atom. The van der Waals surface area contributed by atoms with Gasteiger partial charge in [-0.25, -0.2) is 4.39 Å². The number of piperazine rings is 1. The lowest BCUT2D eigenvalue weighted by Crippen LogP contribution is -2.52. The van der Waals surface area contributed by atoms with Crippen molar-refractivity contribution in [2.75, 3.05) is 37.6 Å². The standard InChI is InChI=1S/C27H31FN4O3/c28-20-16-21-22(18-32(27(21)35)23-9-10-25(33)29-26(23)34)24(17-20)31-14-12-30(13-15-31)11-5-4-8-19-6-2-1-3-7-19/h1-3,6-7,16-17,23H,4-5,8-15,18H2,(H,29,33,34). The van der Waals surface area contributed by atoms with Crippen LogP contribution in [0, 0.1) is 5.82 Å². The summed E-state index contributed by atoms with van der Waals surface area (Å²) >= 11 is 0. The number of halogens is 1. The highest BCUT2D eigenvalue weighted by atomic mass is 19.1. The summed E-state index contributed by atoms with van der Waals surface area (Å²) in [5.74, 6) is -1.56. The lowest BCUT2D eigenvalue weighted by Gasteiger charge is -2.37. The Morgan fingerprint density at radius 1 is 0.971 bits per heavy atom. The molecule has 5 rings (SSSR count). The van der Waals surface area contributed by atoms with Gasteiger partial charge in [0.1, 0.15) is 11.9 Å². The molecule has 1 atom stereocenters. The minimum absolute atomic E-state index is 0.199. The number of hydrogen-bond acceptors (Lipinski definition) is 5. The van der Waals surface area contributed by atoms with Gasteiger partial charge in [0, 0.05) is 56.0 Å². The number of unbranched alkanes of at least 4 members (excludes halogenated alkanes) is 1. The van der Waals surface area contributed by atoms with Gasteiger partial charge in [-0.3, -0.25) is 24.6 Å². The molecular weight excluding hydrogens is 447 g/mol. The summed E-state index contributed by atoms with van der Waals surface area (Å²) in [6.45, 7) is 4.62. The van der Waals surface area contributed by atoms with Crippen LogP contribution in [0.5, 0.6) is 0 Å². The van der Waals surface area contributed by atoms with Gasteiger partial charge in [-0.15, -0.1) is 0 Å². The predicted molar refractivity (Wildman–Crippen MR) is 130 cm³/mol. The molecule has 184 valence electrons. The van der Waals surface area contributed by atoms with Crippen LogP contribution in [0.1, 0.15) is 47.2 Å². The van der Waals surface area contributed by atoms with Crippen LogP contribution in [0.2, 0.25) is 0 Å². The maximum absolute atomic E-state index is 14.5. The Bertz CT molecular complexity index is 1110. The number of benzene rings is 2. The number of nitrogens with one attached hydrogen (secondary N) is 1. The Labute approximate surface area is 204 Å². The molecule has 3 heterocycles. The molecule has 7 nitrogen and oxygen atoms in total. The minimum atomic E-state index is -0.698. The van der Waals surface area contributed by atoms with Gasteiger partial charge in [-0.05, 0) is 49.9 Å². The Morgan fingerprint density at radius 2 is 1.74 bits per heavy atom. The van der Waals surface area contributed by atoms with Crippen molar-refractivity contribution in [3.63, 3.8) is 0 Å². The van der Waals surface area contributed by atoms with Crippen LogP contribution in [-0.2, 0) is 22.6 Å². The van der Waals surface area contributed by atoms with Gasteiger partial charge >= 0.3 is 0 Å². The van der Waals surface area contributed by atoms with Crippen LogP contribution >= 0.6 is 0 Å². The average molecular weight is 479 g/mol. The first kappa shape index (κ1) is 23.5. The zero-order valence-electron chi connectivity index (χ0n) is 19.8. The van der Waals surface area contributed by atoms with Gasteiger partial charge in [0.15, 0.2) is 0 Å². The molecule has 2 aromatic carbocycles. The zero-order valence-corrected chi connectivity index (χ0v) is 19.8. The van der Waals surface area contributed by atoms with Crippen LogP contribution in [0.15, 0.2) is 42.5 Å². The maximum Gasteiger partial charge on any atom is 0.255 e. The molecule has 2 saturated heterocycles. The van der Waals surface area contributed by atoms with Gasteiger partial charge < -0.3 is 9.80 Å². The summed E-state index contributed by atoms with van der Waals surface area (Å²) in [4.78, 5) is 43.0. The fourth-order valence-electron chi connectivity index (χ4n) is 5.41. The van der Waals surface area contributed by atoms with Crippen molar-refractivity contribution in [1.29, 1.82) is 0 Å². The maximum atomic E-state index is 14.5. The van der Waals surface area contributed by atoms with Crippen molar-refractivity contribution < 1.29 is 18.8 Å². The Hall–Kier alpha value is -3.26. The van der Waals surface area contributed by atoms with Crippen LogP contribution in [0.25, 0.3) is 0 Å². The molecule has 0 aromatic heterocycles. The van der Waals surface area contributed by atoms with E-state index >= 15 is 0 Å². The summed E-state index contributed by atoms with van der Waals surface area (Å²) in [6.07, 6.45) is 3.88. The number of fused-ring (bicyclic) bond motifs is 1. The molecular formula is C27H31FN4O3. The first-order chi connectivity index (χ1) is 17.0. The van der Waals surface area contributed by atoms with E-state index in [1.807, 2.05) is 6.07 Å². The summed E-state index contributed by atoms with van der Waals surface area (Å²) in [7, 11) is 0. The third-order valence-corrected chi connectivity index (χ3v) is 7.34. The topological polar surface area (TPSA) is 73.0 Å². The summed E-state index contributed by atoms with van der Waals surface area (Å²) < 4.78 is 14.5. The van der Waals surface area contributed by atoms with E-state index in [0.717, 1.165) is 63.2 Å². The van der Waals surface area contributed by atoms with Crippen LogP contribution in [-0.4, -0.2) is 66.3 Å². The molecule has 2 fully saturated rings. The number of amides is 3. The van der Waals surface area contributed by atoms with Crippen molar-refractivity contribution in [3.05, 3.63) is 65.0 Å². The van der Waals surface area contributed by atoms with Crippen molar-refractivity contribution >= 4 is 23.4 Å². The quantitative estimate of drug-likeness (QED) is 0.490. The number of rotatable bonds is 7. The molecule has 3 aliphatic rings. The molecule has 3 amide bonds. The largest absolute Gasteiger partial charge is 0.369 e. The molecule has 2 aromatic rings. The highest BCUT2D eigenvalue weighted by Gasteiger charge is 2.41. The van der Waals surface area contributed by atoms with Crippen LogP contribution in [0.3, 0.4) is 0 Å². The lowest BCUT2D eigenvalue weighted by atomic mass is 10.0. The SMILES string of the molecule is O=C1CCC(N2Cc3c(cc(F)cc3N3CCN(CCCCc4ccccc4)CC3)C2=O)C(=O)N1. The van der Waals surface area contributed by atoms with E-state index in [9.17, 15) is 18.8 Å². The minimum Gasteiger partial charge on any atom is -0.369 e. The molecule has 0 aliphatic carbocycles. The second-order valence-corrected chi connectivity index (χ2v) is 9.62. The van der Waals surface area contributed by atoms with E-state index in [-0.39, 0.29) is 24.8 Å². The number of piperidine rings is 1. The van der Waals surface area contributed by atoms with E-state index in [2.05, 4.69) is 39.4 Å². The fourth-order valence-corrected chi connectivity index (χ4v) is 5.41. The van der Waals surface area contributed by atoms with E-state index in [1.54, 1.807) is 0 Å². The van der Waals surface area contributed by atoms with E-state index in [1.165, 1.54) is 22.6 Å². The number of hydrogen-bond donors (Lipinski definition) is 1. The average Bonchev–Trinajstić information content (AvgIpc) is 3.18. The van der Waals surface area contributed by atoms with Gasteiger partial charge in [0.05, 0.1) is 0 Å². The molecule has 0 spiro atoms. The number of nitrogens with zero attached hydrogens (tertiary/aromatic N) is 3. The molecule has 3 aliphatic heterocycles. The highest BCUT2D eigenvalue weighted by Crippen LogP contribution is 2.35. The van der Waals surface area contributed by atoms with Crippen LogP contribution < -0.4 is 10.2 Å². The second kappa shape index (κ2) is 10.2. The number of carbonyl (C=O) groups is 3.